The third-order valence-electron chi connectivity index (χ3n) is 3.92. The second-order valence-electron chi connectivity index (χ2n) is 5.40. The molecule has 0 bridgehead atoms. The molecule has 0 radical (unpaired) electrons. The smallest absolute Gasteiger partial charge is 0.309 e. The number of hydrogen-bond donors (Lipinski definition) is 1. The van der Waals surface area contributed by atoms with E-state index in [9.17, 15) is 18.3 Å². The van der Waals surface area contributed by atoms with Crippen LogP contribution in [0.25, 0.3) is 0 Å². The van der Waals surface area contributed by atoms with Gasteiger partial charge in [-0.3, -0.25) is 4.79 Å². The van der Waals surface area contributed by atoms with E-state index in [1.807, 2.05) is 6.92 Å². The fourth-order valence-corrected chi connectivity index (χ4v) is 4.27. The largest absolute Gasteiger partial charge is 0.481 e. The van der Waals surface area contributed by atoms with E-state index in [1.54, 1.807) is 0 Å². The van der Waals surface area contributed by atoms with Crippen LogP contribution in [0.4, 0.5) is 0 Å². The van der Waals surface area contributed by atoms with Crippen molar-refractivity contribution in [3.8, 4) is 0 Å². The fraction of sp³-hybridized carbons (Fsp3) is 0.923. The first-order valence-electron chi connectivity index (χ1n) is 6.86. The minimum atomic E-state index is -3.08. The normalized spacial score (nSPS) is 20.3. The second-order valence-corrected chi connectivity index (χ2v) is 7.71. The number of carbonyl (C=O) groups is 1. The van der Waals surface area contributed by atoms with E-state index in [1.165, 1.54) is 0 Å². The molecule has 0 aromatic heterocycles. The number of rotatable bonds is 6. The highest BCUT2D eigenvalue weighted by molar-refractivity contribution is 7.91. The van der Waals surface area contributed by atoms with Crippen LogP contribution in [0.15, 0.2) is 0 Å². The standard InChI is InChI=1S/C13H24O4S/c1-2-10-18(16,17)11-9-13(12(14)15)7-5-3-4-6-8-13/h2-11H2,1H3,(H,14,15). The Kier molecular flexibility index (Phi) is 5.63. The molecule has 0 spiro atoms. The Morgan fingerprint density at radius 3 is 2.11 bits per heavy atom. The zero-order valence-electron chi connectivity index (χ0n) is 11.2. The van der Waals surface area contributed by atoms with Crippen LogP contribution in [0, 0.1) is 5.41 Å². The summed E-state index contributed by atoms with van der Waals surface area (Å²) in [7, 11) is -3.08. The molecule has 0 aromatic rings. The van der Waals surface area contributed by atoms with E-state index in [0.717, 1.165) is 25.7 Å². The molecule has 0 atom stereocenters. The lowest BCUT2D eigenvalue weighted by Crippen LogP contribution is -2.33. The molecule has 0 saturated heterocycles. The minimum absolute atomic E-state index is 0.0210. The molecule has 1 aliphatic carbocycles. The van der Waals surface area contributed by atoms with Crippen LogP contribution in [0.1, 0.15) is 58.3 Å². The Bertz CT molecular complexity index is 364. The maximum Gasteiger partial charge on any atom is 0.309 e. The van der Waals surface area contributed by atoms with Gasteiger partial charge in [-0.05, 0) is 25.7 Å². The fourth-order valence-electron chi connectivity index (χ4n) is 2.74. The van der Waals surface area contributed by atoms with Crippen LogP contribution in [-0.4, -0.2) is 31.0 Å². The topological polar surface area (TPSA) is 71.4 Å². The summed E-state index contributed by atoms with van der Waals surface area (Å²) in [6.45, 7) is 1.83. The first-order chi connectivity index (χ1) is 8.42. The summed E-state index contributed by atoms with van der Waals surface area (Å²) in [5, 5.41) is 9.45. The Morgan fingerprint density at radius 1 is 1.11 bits per heavy atom. The van der Waals surface area contributed by atoms with Crippen molar-refractivity contribution in [2.24, 2.45) is 5.41 Å². The third-order valence-corrected chi connectivity index (χ3v) is 5.78. The predicted octanol–water partition coefficient (Wildman–Crippen LogP) is 2.63. The number of carboxylic acid groups (broad SMARTS) is 1. The molecule has 1 fully saturated rings. The molecule has 1 aliphatic rings. The first kappa shape index (κ1) is 15.5. The molecule has 106 valence electrons. The summed E-state index contributed by atoms with van der Waals surface area (Å²) < 4.78 is 23.5. The van der Waals surface area contributed by atoms with Crippen molar-refractivity contribution in [2.45, 2.75) is 58.3 Å². The number of hydrogen-bond acceptors (Lipinski definition) is 3. The lowest BCUT2D eigenvalue weighted by molar-refractivity contribution is -0.150. The molecule has 0 aromatic carbocycles. The van der Waals surface area contributed by atoms with Gasteiger partial charge in [0.05, 0.1) is 11.2 Å². The average Bonchev–Trinajstić information content (AvgIpc) is 2.53. The third kappa shape index (κ3) is 4.26. The van der Waals surface area contributed by atoms with E-state index in [2.05, 4.69) is 0 Å². The van der Waals surface area contributed by atoms with Crippen molar-refractivity contribution in [2.75, 3.05) is 11.5 Å². The summed E-state index contributed by atoms with van der Waals surface area (Å²) >= 11 is 0. The van der Waals surface area contributed by atoms with Gasteiger partial charge in [-0.1, -0.05) is 32.6 Å². The molecule has 1 rings (SSSR count). The Hall–Kier alpha value is -0.580. The highest BCUT2D eigenvalue weighted by Gasteiger charge is 2.39. The van der Waals surface area contributed by atoms with Gasteiger partial charge >= 0.3 is 5.97 Å². The van der Waals surface area contributed by atoms with Gasteiger partial charge in [0.15, 0.2) is 0 Å². The van der Waals surface area contributed by atoms with Gasteiger partial charge < -0.3 is 5.11 Å². The van der Waals surface area contributed by atoms with Gasteiger partial charge in [-0.25, -0.2) is 8.42 Å². The molecule has 4 nitrogen and oxygen atoms in total. The predicted molar refractivity (Wildman–Crippen MR) is 71.3 cm³/mol. The lowest BCUT2D eigenvalue weighted by atomic mass is 9.78. The summed E-state index contributed by atoms with van der Waals surface area (Å²) in [5.41, 5.74) is -0.794. The molecule has 0 amide bonds. The summed E-state index contributed by atoms with van der Waals surface area (Å²) in [4.78, 5) is 11.5. The second kappa shape index (κ2) is 6.55. The van der Waals surface area contributed by atoms with Crippen LogP contribution in [0.5, 0.6) is 0 Å². The Morgan fingerprint density at radius 2 is 1.67 bits per heavy atom. The van der Waals surface area contributed by atoms with Gasteiger partial charge in [0, 0.05) is 5.75 Å². The van der Waals surface area contributed by atoms with Gasteiger partial charge in [-0.2, -0.15) is 0 Å². The monoisotopic (exact) mass is 276 g/mol. The van der Waals surface area contributed by atoms with E-state index < -0.39 is 21.2 Å². The van der Waals surface area contributed by atoms with E-state index in [-0.39, 0.29) is 17.9 Å². The van der Waals surface area contributed by atoms with Crippen molar-refractivity contribution >= 4 is 15.8 Å². The molecule has 18 heavy (non-hydrogen) atoms. The number of aliphatic carboxylic acids is 1. The number of carboxylic acids is 1. The summed E-state index contributed by atoms with van der Waals surface area (Å²) in [6.07, 6.45) is 6.08. The molecule has 1 saturated carbocycles. The van der Waals surface area contributed by atoms with Crippen molar-refractivity contribution < 1.29 is 18.3 Å². The van der Waals surface area contributed by atoms with Crippen molar-refractivity contribution in [3.63, 3.8) is 0 Å². The van der Waals surface area contributed by atoms with Gasteiger partial charge in [0.1, 0.15) is 9.84 Å². The van der Waals surface area contributed by atoms with Gasteiger partial charge in [0.2, 0.25) is 0 Å². The van der Waals surface area contributed by atoms with Crippen LogP contribution < -0.4 is 0 Å². The van der Waals surface area contributed by atoms with E-state index in [4.69, 9.17) is 0 Å². The van der Waals surface area contributed by atoms with Gasteiger partial charge in [-0.15, -0.1) is 0 Å². The molecule has 5 heteroatoms. The van der Waals surface area contributed by atoms with E-state index >= 15 is 0 Å². The summed E-state index contributed by atoms with van der Waals surface area (Å²) in [6, 6.07) is 0. The average molecular weight is 276 g/mol. The van der Waals surface area contributed by atoms with Crippen molar-refractivity contribution in [3.05, 3.63) is 0 Å². The maximum atomic E-state index is 11.7. The molecular weight excluding hydrogens is 252 g/mol. The molecule has 0 aliphatic heterocycles. The Labute approximate surface area is 110 Å². The van der Waals surface area contributed by atoms with Crippen molar-refractivity contribution in [1.29, 1.82) is 0 Å². The first-order valence-corrected chi connectivity index (χ1v) is 8.68. The molecule has 0 unspecified atom stereocenters. The van der Waals surface area contributed by atoms with Crippen LogP contribution in [0.3, 0.4) is 0 Å². The zero-order chi connectivity index (χ0) is 13.6. The quantitative estimate of drug-likeness (QED) is 0.757. The van der Waals surface area contributed by atoms with Crippen LogP contribution in [0.2, 0.25) is 0 Å². The molecule has 1 N–H and O–H groups in total. The summed E-state index contributed by atoms with van der Waals surface area (Å²) in [5.74, 6) is -0.619. The van der Waals surface area contributed by atoms with Gasteiger partial charge in [0.25, 0.3) is 0 Å². The SMILES string of the molecule is CCCS(=O)(=O)CCC1(C(=O)O)CCCCCC1. The lowest BCUT2D eigenvalue weighted by Gasteiger charge is -2.27. The van der Waals surface area contributed by atoms with Crippen molar-refractivity contribution in [1.82, 2.24) is 0 Å². The number of sulfone groups is 1. The zero-order valence-corrected chi connectivity index (χ0v) is 12.0. The minimum Gasteiger partial charge on any atom is -0.481 e. The molecular formula is C13H24O4S. The van der Waals surface area contributed by atoms with Crippen LogP contribution in [-0.2, 0) is 14.6 Å². The Balaban J connectivity index is 2.71. The maximum absolute atomic E-state index is 11.7. The molecule has 0 heterocycles. The van der Waals surface area contributed by atoms with E-state index in [0.29, 0.717) is 19.3 Å². The van der Waals surface area contributed by atoms with Crippen LogP contribution >= 0.6 is 0 Å². The highest BCUT2D eigenvalue weighted by atomic mass is 32.2. The highest BCUT2D eigenvalue weighted by Crippen LogP contribution is 2.38.